The Morgan fingerprint density at radius 3 is 3.04 bits per heavy atom. The molecule has 7 heteroatoms. The van der Waals surface area contributed by atoms with Crippen molar-refractivity contribution in [2.24, 2.45) is 0 Å². The molecular formula is C17H17N3O3S. The fourth-order valence-electron chi connectivity index (χ4n) is 2.64. The lowest BCUT2D eigenvalue weighted by atomic mass is 9.91. The Labute approximate surface area is 144 Å². The number of nitrogens with zero attached hydrogens (tertiary/aromatic N) is 1. The lowest BCUT2D eigenvalue weighted by Gasteiger charge is -2.22. The van der Waals surface area contributed by atoms with Crippen molar-refractivity contribution < 1.29 is 14.3 Å². The Hall–Kier alpha value is -2.72. The molecule has 2 N–H and O–H groups in total. The van der Waals surface area contributed by atoms with Crippen LogP contribution in [-0.2, 0) is 4.79 Å². The van der Waals surface area contributed by atoms with E-state index in [4.69, 9.17) is 15.9 Å². The molecule has 3 rings (SSSR count). The van der Waals surface area contributed by atoms with E-state index in [0.29, 0.717) is 23.7 Å². The zero-order chi connectivity index (χ0) is 17.1. The molecule has 0 fully saturated rings. The van der Waals surface area contributed by atoms with Gasteiger partial charge in [-0.05, 0) is 17.7 Å². The van der Waals surface area contributed by atoms with Crippen molar-refractivity contribution in [2.75, 3.05) is 31.4 Å². The zero-order valence-corrected chi connectivity index (χ0v) is 14.2. The molecule has 124 valence electrons. The van der Waals surface area contributed by atoms with Crippen molar-refractivity contribution in [1.82, 2.24) is 4.98 Å². The van der Waals surface area contributed by atoms with Gasteiger partial charge in [-0.15, -0.1) is 6.42 Å². The summed E-state index contributed by atoms with van der Waals surface area (Å²) in [6.45, 7) is 0.153. The molecule has 0 bridgehead atoms. The number of rotatable bonds is 5. The molecule has 6 nitrogen and oxygen atoms in total. The summed E-state index contributed by atoms with van der Waals surface area (Å²) in [5, 5.41) is 6.61. The monoisotopic (exact) mass is 343 g/mol. The van der Waals surface area contributed by atoms with Crippen molar-refractivity contribution >= 4 is 28.2 Å². The molecular weight excluding hydrogens is 326 g/mol. The van der Waals surface area contributed by atoms with Gasteiger partial charge in [-0.2, -0.15) is 0 Å². The molecule has 24 heavy (non-hydrogen) atoms. The van der Waals surface area contributed by atoms with Gasteiger partial charge in [0, 0.05) is 19.4 Å². The first kappa shape index (κ1) is 16.1. The maximum atomic E-state index is 12.0. The van der Waals surface area contributed by atoms with Crippen LogP contribution >= 0.6 is 11.3 Å². The van der Waals surface area contributed by atoms with Crippen molar-refractivity contribution in [3.8, 4) is 23.8 Å². The van der Waals surface area contributed by atoms with Crippen LogP contribution < -0.4 is 20.1 Å². The molecule has 0 saturated heterocycles. The zero-order valence-electron chi connectivity index (χ0n) is 13.4. The number of hydrogen-bond donors (Lipinski definition) is 2. The van der Waals surface area contributed by atoms with Crippen molar-refractivity contribution in [3.05, 3.63) is 28.6 Å². The first-order valence-corrected chi connectivity index (χ1v) is 8.20. The number of nitrogens with one attached hydrogen (secondary N) is 2. The van der Waals surface area contributed by atoms with Gasteiger partial charge in [-0.3, -0.25) is 4.79 Å². The number of terminal acetylenes is 1. The maximum Gasteiger partial charge on any atom is 0.226 e. The lowest BCUT2D eigenvalue weighted by molar-refractivity contribution is -0.116. The molecule has 1 aliphatic rings. The molecule has 1 amide bonds. The third-order valence-corrected chi connectivity index (χ3v) is 4.92. The van der Waals surface area contributed by atoms with Gasteiger partial charge in [0.15, 0.2) is 16.6 Å². The number of aromatic nitrogens is 1. The van der Waals surface area contributed by atoms with Crippen LogP contribution in [0.1, 0.15) is 22.8 Å². The van der Waals surface area contributed by atoms with Crippen molar-refractivity contribution in [3.63, 3.8) is 0 Å². The largest absolute Gasteiger partial charge is 0.493 e. The predicted molar refractivity (Wildman–Crippen MR) is 94.1 cm³/mol. The number of carbonyl (C=O) groups excluding carboxylic acids is 1. The smallest absolute Gasteiger partial charge is 0.226 e. The number of anilines is 2. The molecule has 1 aromatic carbocycles. The molecule has 0 saturated carbocycles. The number of carbonyl (C=O) groups is 1. The standard InChI is InChI=1S/C17H17N3O3S/c1-4-7-23-13-8-10(5-6-12(13)22-3)11-9-14(21)19-16-15(11)24-17(18-2)20-16/h1,5-6,8,11H,7,9H2,2-3H3,(H,18,20)(H,19,21). The van der Waals surface area contributed by atoms with Gasteiger partial charge in [-0.1, -0.05) is 23.3 Å². The van der Waals surface area contributed by atoms with Gasteiger partial charge in [0.25, 0.3) is 0 Å². The van der Waals surface area contributed by atoms with Crippen LogP contribution in [0.4, 0.5) is 10.9 Å². The number of ether oxygens (including phenoxy) is 2. The average Bonchev–Trinajstić information content (AvgIpc) is 3.01. The third kappa shape index (κ3) is 3.01. The summed E-state index contributed by atoms with van der Waals surface area (Å²) in [7, 11) is 3.38. The first-order valence-electron chi connectivity index (χ1n) is 7.38. The quantitative estimate of drug-likeness (QED) is 0.817. The van der Waals surface area contributed by atoms with E-state index < -0.39 is 0 Å². The highest BCUT2D eigenvalue weighted by atomic mass is 32.1. The van der Waals surface area contributed by atoms with Gasteiger partial charge in [0.05, 0.1) is 12.0 Å². The summed E-state index contributed by atoms with van der Waals surface area (Å²) < 4.78 is 10.9. The van der Waals surface area contributed by atoms with E-state index in [-0.39, 0.29) is 18.4 Å². The Kier molecular flexibility index (Phi) is 4.58. The van der Waals surface area contributed by atoms with Gasteiger partial charge in [0.1, 0.15) is 12.4 Å². The Balaban J connectivity index is 2.01. The second kappa shape index (κ2) is 6.81. The summed E-state index contributed by atoms with van der Waals surface area (Å²) in [5.74, 6) is 4.10. The van der Waals surface area contributed by atoms with Crippen LogP contribution in [0.3, 0.4) is 0 Å². The maximum absolute atomic E-state index is 12.0. The van der Waals surface area contributed by atoms with Crippen LogP contribution in [0.15, 0.2) is 18.2 Å². The fraction of sp³-hybridized carbons (Fsp3) is 0.294. The highest BCUT2D eigenvalue weighted by Crippen LogP contribution is 2.43. The molecule has 1 atom stereocenters. The molecule has 1 aliphatic heterocycles. The third-order valence-electron chi connectivity index (χ3n) is 3.73. The van der Waals surface area contributed by atoms with Crippen molar-refractivity contribution in [1.29, 1.82) is 0 Å². The normalized spacial score (nSPS) is 15.9. The van der Waals surface area contributed by atoms with Gasteiger partial charge < -0.3 is 20.1 Å². The summed E-state index contributed by atoms with van der Waals surface area (Å²) in [6, 6.07) is 5.64. The average molecular weight is 343 g/mol. The minimum Gasteiger partial charge on any atom is -0.493 e. The molecule has 1 aromatic heterocycles. The summed E-state index contributed by atoms with van der Waals surface area (Å²) >= 11 is 1.53. The summed E-state index contributed by atoms with van der Waals surface area (Å²) in [5.41, 5.74) is 0.963. The van der Waals surface area contributed by atoms with Gasteiger partial charge >= 0.3 is 0 Å². The second-order valence-corrected chi connectivity index (χ2v) is 6.22. The topological polar surface area (TPSA) is 72.5 Å². The van der Waals surface area contributed by atoms with Gasteiger partial charge in [-0.25, -0.2) is 4.98 Å². The Morgan fingerprint density at radius 1 is 1.50 bits per heavy atom. The van der Waals surface area contributed by atoms with Crippen molar-refractivity contribution in [2.45, 2.75) is 12.3 Å². The van der Waals surface area contributed by atoms with Crippen LogP contribution in [0.5, 0.6) is 11.5 Å². The second-order valence-electron chi connectivity index (χ2n) is 5.19. The van der Waals surface area contributed by atoms with E-state index in [1.165, 1.54) is 11.3 Å². The first-order chi connectivity index (χ1) is 11.7. The van der Waals surface area contributed by atoms with Crippen LogP contribution in [0, 0.1) is 12.3 Å². The number of methoxy groups -OCH3 is 1. The van der Waals surface area contributed by atoms with Crippen LogP contribution in [0.2, 0.25) is 0 Å². The molecule has 2 heterocycles. The van der Waals surface area contributed by atoms with Crippen LogP contribution in [-0.4, -0.2) is 31.7 Å². The van der Waals surface area contributed by atoms with E-state index in [1.54, 1.807) is 14.2 Å². The molecule has 0 spiro atoms. The van der Waals surface area contributed by atoms with Crippen LogP contribution in [0.25, 0.3) is 0 Å². The SMILES string of the molecule is C#CCOc1cc(C2CC(=O)Nc3nc(NC)sc32)ccc1OC. The minimum atomic E-state index is -0.0764. The van der Waals surface area contributed by atoms with Gasteiger partial charge in [0.2, 0.25) is 5.91 Å². The summed E-state index contributed by atoms with van der Waals surface area (Å²) in [4.78, 5) is 17.5. The lowest BCUT2D eigenvalue weighted by Crippen LogP contribution is -2.22. The predicted octanol–water partition coefficient (Wildman–Crippen LogP) is 2.68. The number of hydrogen-bond acceptors (Lipinski definition) is 6. The van der Waals surface area contributed by atoms with E-state index >= 15 is 0 Å². The van der Waals surface area contributed by atoms with E-state index in [1.807, 2.05) is 18.2 Å². The van der Waals surface area contributed by atoms with E-state index in [2.05, 4.69) is 21.5 Å². The van der Waals surface area contributed by atoms with E-state index in [0.717, 1.165) is 15.6 Å². The van der Waals surface area contributed by atoms with E-state index in [9.17, 15) is 4.79 Å². The Bertz CT molecular complexity index is 810. The molecule has 2 aromatic rings. The number of thiazole rings is 1. The molecule has 0 radical (unpaired) electrons. The number of fused-ring (bicyclic) bond motifs is 1. The Morgan fingerprint density at radius 2 is 2.33 bits per heavy atom. The minimum absolute atomic E-state index is 0.0534. The number of benzene rings is 1. The highest BCUT2D eigenvalue weighted by Gasteiger charge is 2.30. The summed E-state index contributed by atoms with van der Waals surface area (Å²) in [6.07, 6.45) is 5.63. The molecule has 1 unspecified atom stereocenters. The number of amides is 1. The fourth-order valence-corrected chi connectivity index (χ4v) is 3.64. The highest BCUT2D eigenvalue weighted by molar-refractivity contribution is 7.16. The molecule has 0 aliphatic carbocycles.